The van der Waals surface area contributed by atoms with Gasteiger partial charge in [0.25, 0.3) is 0 Å². The zero-order valence-electron chi connectivity index (χ0n) is 21.0. The molecule has 3 nitrogen and oxygen atoms in total. The Morgan fingerprint density at radius 2 is 1.21 bits per heavy atom. The first kappa shape index (κ1) is 22.2. The Kier molecular flexibility index (Phi) is 5.15. The van der Waals surface area contributed by atoms with E-state index in [0.717, 1.165) is 73.1 Å². The van der Waals surface area contributed by atoms with E-state index in [9.17, 15) is 0 Å². The van der Waals surface area contributed by atoms with Crippen LogP contribution in [0.5, 0.6) is 17.2 Å². The number of hydrogen-bond donors (Lipinski definition) is 0. The van der Waals surface area contributed by atoms with Crippen LogP contribution in [0.3, 0.4) is 0 Å². The van der Waals surface area contributed by atoms with Gasteiger partial charge in [0.2, 0.25) is 0 Å². The molecule has 0 N–H and O–H groups in total. The molecular weight excluding hydrogens is 466 g/mol. The predicted octanol–water partition coefficient (Wildman–Crippen LogP) is 9.95. The molecule has 0 amide bonds. The fourth-order valence-electron chi connectivity index (χ4n) is 5.54. The molecule has 5 aromatic carbocycles. The molecule has 0 saturated carbocycles. The van der Waals surface area contributed by atoms with E-state index >= 15 is 0 Å². The van der Waals surface area contributed by atoms with Crippen molar-refractivity contribution in [2.24, 2.45) is 0 Å². The number of nitrogens with zero attached hydrogens (tertiary/aromatic N) is 1. The van der Waals surface area contributed by atoms with Gasteiger partial charge in [0.05, 0.1) is 0 Å². The summed E-state index contributed by atoms with van der Waals surface area (Å²) >= 11 is 0. The van der Waals surface area contributed by atoms with E-state index in [4.69, 9.17) is 9.47 Å². The third kappa shape index (κ3) is 3.36. The van der Waals surface area contributed by atoms with E-state index in [1.54, 1.807) is 6.08 Å². The van der Waals surface area contributed by atoms with Gasteiger partial charge in [-0.3, -0.25) is 0 Å². The van der Waals surface area contributed by atoms with Crippen LogP contribution in [0, 0.1) is 0 Å². The molecule has 0 unspecified atom stereocenters. The highest BCUT2D eigenvalue weighted by Gasteiger charge is 2.29. The molecule has 0 saturated heterocycles. The normalized spacial score (nSPS) is 15.1. The first-order chi connectivity index (χ1) is 18.8. The quantitative estimate of drug-likeness (QED) is 0.245. The van der Waals surface area contributed by atoms with Gasteiger partial charge in [-0.1, -0.05) is 55.1 Å². The van der Waals surface area contributed by atoms with Crippen LogP contribution in [0.1, 0.15) is 12.5 Å². The Morgan fingerprint density at radius 3 is 1.87 bits per heavy atom. The van der Waals surface area contributed by atoms with Gasteiger partial charge in [-0.25, -0.2) is 0 Å². The summed E-state index contributed by atoms with van der Waals surface area (Å²) in [6.45, 7) is 5.91. The molecule has 2 aliphatic heterocycles. The van der Waals surface area contributed by atoms with Crippen LogP contribution in [0.4, 0.5) is 17.1 Å². The molecule has 5 aromatic rings. The first-order valence-electron chi connectivity index (χ1n) is 12.8. The molecule has 2 aliphatic rings. The van der Waals surface area contributed by atoms with Crippen molar-refractivity contribution in [2.45, 2.75) is 6.92 Å². The monoisotopic (exact) mass is 491 g/mol. The second-order valence-electron chi connectivity index (χ2n) is 9.33. The number of allylic oxidation sites excluding steroid dienone is 4. The molecule has 0 fully saturated rings. The lowest BCUT2D eigenvalue weighted by Gasteiger charge is -2.30. The van der Waals surface area contributed by atoms with Gasteiger partial charge in [-0.05, 0) is 84.8 Å². The summed E-state index contributed by atoms with van der Waals surface area (Å²) in [5, 5.41) is 2.15. The summed E-state index contributed by atoms with van der Waals surface area (Å²) < 4.78 is 12.9. The number of benzene rings is 5. The third-order valence-electron chi connectivity index (χ3n) is 7.17. The number of anilines is 3. The first-order valence-corrected chi connectivity index (χ1v) is 12.8. The average molecular weight is 492 g/mol. The summed E-state index contributed by atoms with van der Waals surface area (Å²) in [4.78, 5) is 2.25. The SMILES string of the molecule is C=C/C=C1\C(=C/C)Oc2ccc3c4c(ccc1c24)Oc1cc(N(c2ccccc2)c2ccccc2)ccc1-3. The summed E-state index contributed by atoms with van der Waals surface area (Å²) in [6.07, 6.45) is 5.81. The van der Waals surface area contributed by atoms with E-state index in [1.807, 2.05) is 31.2 Å². The number of hydrogen-bond acceptors (Lipinski definition) is 3. The van der Waals surface area contributed by atoms with Crippen LogP contribution in [-0.2, 0) is 0 Å². The summed E-state index contributed by atoms with van der Waals surface area (Å²) in [5.41, 5.74) is 7.58. The molecule has 38 heavy (non-hydrogen) atoms. The van der Waals surface area contributed by atoms with E-state index in [2.05, 4.69) is 102 Å². The van der Waals surface area contributed by atoms with E-state index in [-0.39, 0.29) is 0 Å². The van der Waals surface area contributed by atoms with Crippen molar-refractivity contribution in [1.29, 1.82) is 0 Å². The number of para-hydroxylation sites is 2. The summed E-state index contributed by atoms with van der Waals surface area (Å²) in [5.74, 6) is 3.35. The lowest BCUT2D eigenvalue weighted by molar-refractivity contribution is 0.448. The molecule has 7 rings (SSSR count). The molecule has 0 spiro atoms. The molecule has 3 heteroatoms. The zero-order chi connectivity index (χ0) is 25.6. The van der Waals surface area contributed by atoms with Crippen molar-refractivity contribution in [3.8, 4) is 28.4 Å². The van der Waals surface area contributed by atoms with Gasteiger partial charge in [0.15, 0.2) is 0 Å². The number of fused-ring (bicyclic) bond motifs is 2. The summed E-state index contributed by atoms with van der Waals surface area (Å²) in [6, 6.07) is 35.7. The second kappa shape index (κ2) is 8.82. The Hall–Kier alpha value is -5.02. The minimum atomic E-state index is 0.835. The maximum atomic E-state index is 6.60. The Morgan fingerprint density at radius 1 is 0.605 bits per heavy atom. The van der Waals surface area contributed by atoms with Crippen molar-refractivity contribution in [3.05, 3.63) is 139 Å². The van der Waals surface area contributed by atoms with Gasteiger partial charge in [-0.15, -0.1) is 0 Å². The second-order valence-corrected chi connectivity index (χ2v) is 9.33. The third-order valence-corrected chi connectivity index (χ3v) is 7.17. The van der Waals surface area contributed by atoms with E-state index in [1.165, 1.54) is 0 Å². The van der Waals surface area contributed by atoms with Gasteiger partial charge in [0, 0.05) is 45.0 Å². The molecule has 2 heterocycles. The van der Waals surface area contributed by atoms with E-state index < -0.39 is 0 Å². The highest BCUT2D eigenvalue weighted by atomic mass is 16.5. The summed E-state index contributed by atoms with van der Waals surface area (Å²) in [7, 11) is 0. The van der Waals surface area contributed by atoms with Crippen LogP contribution < -0.4 is 14.4 Å². The zero-order valence-corrected chi connectivity index (χ0v) is 21.0. The number of ether oxygens (including phenoxy) is 2. The van der Waals surface area contributed by atoms with Gasteiger partial charge >= 0.3 is 0 Å². The average Bonchev–Trinajstić information content (AvgIpc) is 2.97. The number of rotatable bonds is 4. The van der Waals surface area contributed by atoms with E-state index in [0.29, 0.717) is 0 Å². The Bertz CT molecular complexity index is 1740. The molecular formula is C35H25NO2. The maximum Gasteiger partial charge on any atom is 0.137 e. The Labute approximate surface area is 222 Å². The molecule has 182 valence electrons. The van der Waals surface area contributed by atoms with Crippen LogP contribution in [0.15, 0.2) is 134 Å². The van der Waals surface area contributed by atoms with Crippen LogP contribution in [0.2, 0.25) is 0 Å². The topological polar surface area (TPSA) is 21.7 Å². The minimum absolute atomic E-state index is 0.835. The maximum absolute atomic E-state index is 6.60. The van der Waals surface area contributed by atoms with Crippen molar-refractivity contribution in [1.82, 2.24) is 0 Å². The standard InChI is InChI=1S/C35H25NO2/c1-3-11-26-28-18-21-32-35-29(19-20-31(34(28)35)37-30(26)4-2)27-17-16-25(22-33(27)38-32)36(23-12-7-5-8-13-23)24-14-9-6-10-15-24/h3-22H,1H2,2H3/b26-11-,30-4+. The smallest absolute Gasteiger partial charge is 0.137 e. The van der Waals surface area contributed by atoms with Crippen molar-refractivity contribution in [2.75, 3.05) is 4.90 Å². The fraction of sp³-hybridized carbons (Fsp3) is 0.0286. The van der Waals surface area contributed by atoms with Crippen LogP contribution in [0.25, 0.3) is 27.5 Å². The lowest BCUT2D eigenvalue weighted by Crippen LogP contribution is -2.11. The highest BCUT2D eigenvalue weighted by Crippen LogP contribution is 2.54. The van der Waals surface area contributed by atoms with Crippen LogP contribution in [-0.4, -0.2) is 0 Å². The predicted molar refractivity (Wildman–Crippen MR) is 157 cm³/mol. The minimum Gasteiger partial charge on any atom is -0.456 e. The molecule has 0 atom stereocenters. The fourth-order valence-corrected chi connectivity index (χ4v) is 5.54. The highest BCUT2D eigenvalue weighted by molar-refractivity contribution is 6.13. The van der Waals surface area contributed by atoms with Crippen LogP contribution >= 0.6 is 0 Å². The largest absolute Gasteiger partial charge is 0.456 e. The van der Waals surface area contributed by atoms with Gasteiger partial charge in [0.1, 0.15) is 23.0 Å². The molecule has 0 aliphatic carbocycles. The van der Waals surface area contributed by atoms with Gasteiger partial charge < -0.3 is 14.4 Å². The van der Waals surface area contributed by atoms with Crippen molar-refractivity contribution >= 4 is 33.4 Å². The van der Waals surface area contributed by atoms with Gasteiger partial charge in [-0.2, -0.15) is 0 Å². The van der Waals surface area contributed by atoms with Crippen molar-refractivity contribution < 1.29 is 9.47 Å². The molecule has 0 aromatic heterocycles. The Balaban J connectivity index is 1.41. The van der Waals surface area contributed by atoms with Crippen molar-refractivity contribution in [3.63, 3.8) is 0 Å². The lowest BCUT2D eigenvalue weighted by atomic mass is 9.87. The molecule has 0 radical (unpaired) electrons. The molecule has 0 bridgehead atoms.